The van der Waals surface area contributed by atoms with Gasteiger partial charge in [-0.2, -0.15) is 0 Å². The number of anilines is 1. The Bertz CT molecular complexity index is 955. The first-order valence-corrected chi connectivity index (χ1v) is 10.1. The summed E-state index contributed by atoms with van der Waals surface area (Å²) in [4.78, 5) is 0. The Morgan fingerprint density at radius 2 is 1.62 bits per heavy atom. The van der Waals surface area contributed by atoms with Gasteiger partial charge in [-0.1, -0.05) is 59.1 Å². The third kappa shape index (κ3) is 5.63. The highest BCUT2D eigenvalue weighted by atomic mass is 35.5. The largest absolute Gasteiger partial charge is 0.505 e. The van der Waals surface area contributed by atoms with Crippen molar-refractivity contribution >= 4 is 40.5 Å². The van der Waals surface area contributed by atoms with Crippen molar-refractivity contribution < 1.29 is 14.6 Å². The van der Waals surface area contributed by atoms with Crippen molar-refractivity contribution in [3.8, 4) is 17.2 Å². The Morgan fingerprint density at radius 3 is 2.28 bits per heavy atom. The molecule has 0 saturated carbocycles. The lowest BCUT2D eigenvalue weighted by Gasteiger charge is -2.17. The second-order valence-corrected chi connectivity index (χ2v) is 7.49. The van der Waals surface area contributed by atoms with E-state index in [1.807, 2.05) is 49.4 Å². The van der Waals surface area contributed by atoms with E-state index in [4.69, 9.17) is 44.3 Å². The Kier molecular flexibility index (Phi) is 7.37. The van der Waals surface area contributed by atoms with Crippen molar-refractivity contribution in [1.82, 2.24) is 0 Å². The summed E-state index contributed by atoms with van der Waals surface area (Å²) in [7, 11) is 0. The van der Waals surface area contributed by atoms with Gasteiger partial charge in [0.05, 0.1) is 16.7 Å². The molecule has 0 aliphatic rings. The molecule has 152 valence electrons. The van der Waals surface area contributed by atoms with Gasteiger partial charge in [0, 0.05) is 22.8 Å². The van der Waals surface area contributed by atoms with Gasteiger partial charge < -0.3 is 19.9 Å². The van der Waals surface area contributed by atoms with Crippen LogP contribution in [0.1, 0.15) is 18.1 Å². The van der Waals surface area contributed by atoms with Crippen molar-refractivity contribution in [3.63, 3.8) is 0 Å². The van der Waals surface area contributed by atoms with E-state index in [0.717, 1.165) is 11.1 Å². The highest BCUT2D eigenvalue weighted by molar-refractivity contribution is 6.37. The number of ether oxygens (including phenoxy) is 2. The average Bonchev–Trinajstić information content (AvgIpc) is 2.71. The van der Waals surface area contributed by atoms with Crippen LogP contribution >= 0.6 is 34.8 Å². The topological polar surface area (TPSA) is 50.7 Å². The zero-order valence-corrected chi connectivity index (χ0v) is 18.0. The number of hydrogen-bond donors (Lipinski definition) is 2. The van der Waals surface area contributed by atoms with E-state index in [1.165, 1.54) is 0 Å². The van der Waals surface area contributed by atoms with Gasteiger partial charge in [0.1, 0.15) is 6.61 Å². The monoisotopic (exact) mass is 451 g/mol. The van der Waals surface area contributed by atoms with E-state index in [-0.39, 0.29) is 15.8 Å². The number of hydrogen-bond acceptors (Lipinski definition) is 4. The van der Waals surface area contributed by atoms with E-state index in [2.05, 4.69) is 5.32 Å². The molecule has 0 saturated heterocycles. The molecular weight excluding hydrogens is 433 g/mol. The van der Waals surface area contributed by atoms with Crippen LogP contribution in [0, 0.1) is 0 Å². The molecule has 0 aliphatic carbocycles. The second-order valence-electron chi connectivity index (χ2n) is 6.23. The van der Waals surface area contributed by atoms with E-state index in [1.54, 1.807) is 12.1 Å². The van der Waals surface area contributed by atoms with E-state index < -0.39 is 0 Å². The molecule has 0 bridgehead atoms. The van der Waals surface area contributed by atoms with Gasteiger partial charge in [0.25, 0.3) is 0 Å². The molecule has 0 aliphatic heterocycles. The van der Waals surface area contributed by atoms with E-state index in [9.17, 15) is 5.11 Å². The number of rotatable bonds is 8. The number of para-hydroxylation sites is 1. The minimum absolute atomic E-state index is 0.135. The number of nitrogens with one attached hydrogen (secondary N) is 1. The summed E-state index contributed by atoms with van der Waals surface area (Å²) >= 11 is 17.9. The smallest absolute Gasteiger partial charge is 0.166 e. The summed E-state index contributed by atoms with van der Waals surface area (Å²) in [6.45, 7) is 3.28. The maximum Gasteiger partial charge on any atom is 0.166 e. The van der Waals surface area contributed by atoms with Gasteiger partial charge in [-0.15, -0.1) is 0 Å². The van der Waals surface area contributed by atoms with Gasteiger partial charge in [0.2, 0.25) is 0 Å². The van der Waals surface area contributed by atoms with Crippen molar-refractivity contribution in [3.05, 3.63) is 80.8 Å². The SMILES string of the molecule is CCOc1cccc(CNc2cc(Cl)c(O)c(Cl)c2)c1OCc1ccc(Cl)cc1. The third-order valence-electron chi connectivity index (χ3n) is 4.16. The van der Waals surface area contributed by atoms with Crippen LogP contribution in [-0.2, 0) is 13.2 Å². The molecule has 4 nitrogen and oxygen atoms in total. The molecule has 0 heterocycles. The first-order valence-electron chi connectivity index (χ1n) is 9.01. The van der Waals surface area contributed by atoms with Crippen LogP contribution in [0.15, 0.2) is 54.6 Å². The normalized spacial score (nSPS) is 10.6. The Balaban J connectivity index is 1.80. The Morgan fingerprint density at radius 1 is 0.931 bits per heavy atom. The summed E-state index contributed by atoms with van der Waals surface area (Å²) in [5, 5.41) is 14.0. The molecule has 0 radical (unpaired) electrons. The quantitative estimate of drug-likeness (QED) is 0.363. The molecule has 3 rings (SSSR count). The van der Waals surface area contributed by atoms with Gasteiger partial charge in [-0.25, -0.2) is 0 Å². The molecule has 29 heavy (non-hydrogen) atoms. The molecule has 0 fully saturated rings. The zero-order chi connectivity index (χ0) is 20.8. The van der Waals surface area contributed by atoms with Crippen molar-refractivity contribution in [2.45, 2.75) is 20.1 Å². The molecule has 0 spiro atoms. The highest BCUT2D eigenvalue weighted by Crippen LogP contribution is 2.36. The lowest BCUT2D eigenvalue weighted by atomic mass is 10.1. The molecule has 0 aromatic heterocycles. The fourth-order valence-corrected chi connectivity index (χ4v) is 3.35. The van der Waals surface area contributed by atoms with Gasteiger partial charge in [-0.3, -0.25) is 0 Å². The van der Waals surface area contributed by atoms with Gasteiger partial charge in [0.15, 0.2) is 17.2 Å². The van der Waals surface area contributed by atoms with Crippen LogP contribution < -0.4 is 14.8 Å². The maximum absolute atomic E-state index is 9.71. The minimum atomic E-state index is -0.135. The predicted molar refractivity (Wildman–Crippen MR) is 119 cm³/mol. The molecule has 3 aromatic rings. The molecule has 3 aromatic carbocycles. The summed E-state index contributed by atoms with van der Waals surface area (Å²) in [5.74, 6) is 1.19. The minimum Gasteiger partial charge on any atom is -0.505 e. The average molecular weight is 453 g/mol. The standard InChI is InChI=1S/C22H20Cl3NO3/c1-2-28-20-5-3-4-15(12-26-17-10-18(24)21(27)19(25)11-17)22(20)29-13-14-6-8-16(23)9-7-14/h3-11,26-27H,2,12-13H2,1H3. The first kappa shape index (κ1) is 21.4. The molecule has 0 unspecified atom stereocenters. The number of halogens is 3. The third-order valence-corrected chi connectivity index (χ3v) is 4.98. The summed E-state index contributed by atoms with van der Waals surface area (Å²) < 4.78 is 11.8. The fourth-order valence-electron chi connectivity index (χ4n) is 2.73. The molecule has 0 atom stereocenters. The number of benzene rings is 3. The van der Waals surface area contributed by atoms with Crippen molar-refractivity contribution in [1.29, 1.82) is 0 Å². The molecular formula is C22H20Cl3NO3. The Hall–Kier alpha value is -2.27. The van der Waals surface area contributed by atoms with Crippen LogP contribution in [0.25, 0.3) is 0 Å². The molecule has 0 amide bonds. The van der Waals surface area contributed by atoms with Crippen LogP contribution in [0.4, 0.5) is 5.69 Å². The summed E-state index contributed by atoms with van der Waals surface area (Å²) in [6, 6.07) is 16.5. The summed E-state index contributed by atoms with van der Waals surface area (Å²) in [6.07, 6.45) is 0. The van der Waals surface area contributed by atoms with Crippen molar-refractivity contribution in [2.24, 2.45) is 0 Å². The molecule has 7 heteroatoms. The van der Waals surface area contributed by atoms with Crippen LogP contribution in [0.2, 0.25) is 15.1 Å². The number of phenols is 1. The van der Waals surface area contributed by atoms with Crippen LogP contribution in [-0.4, -0.2) is 11.7 Å². The Labute approximate surface area is 184 Å². The number of phenolic OH excluding ortho intramolecular Hbond substituents is 1. The number of aromatic hydroxyl groups is 1. The fraction of sp³-hybridized carbons (Fsp3) is 0.182. The maximum atomic E-state index is 9.71. The molecule has 2 N–H and O–H groups in total. The first-order chi connectivity index (χ1) is 14.0. The second kappa shape index (κ2) is 9.97. The van der Waals surface area contributed by atoms with Crippen molar-refractivity contribution in [2.75, 3.05) is 11.9 Å². The summed E-state index contributed by atoms with van der Waals surface area (Å²) in [5.41, 5.74) is 2.59. The van der Waals surface area contributed by atoms with Crippen LogP contribution in [0.5, 0.6) is 17.2 Å². The lowest BCUT2D eigenvalue weighted by Crippen LogP contribution is -2.06. The van der Waals surface area contributed by atoms with Gasteiger partial charge in [-0.05, 0) is 42.8 Å². The van der Waals surface area contributed by atoms with Crippen LogP contribution in [0.3, 0.4) is 0 Å². The van der Waals surface area contributed by atoms with Gasteiger partial charge >= 0.3 is 0 Å². The predicted octanol–water partition coefficient (Wildman–Crippen LogP) is 6.94. The highest BCUT2D eigenvalue weighted by Gasteiger charge is 2.13. The van der Waals surface area contributed by atoms with E-state index >= 15 is 0 Å². The lowest BCUT2D eigenvalue weighted by molar-refractivity contribution is 0.267. The van der Waals surface area contributed by atoms with E-state index in [0.29, 0.717) is 42.0 Å². The zero-order valence-electron chi connectivity index (χ0n) is 15.7.